The van der Waals surface area contributed by atoms with Crippen LogP contribution in [-0.2, 0) is 10.0 Å². The second kappa shape index (κ2) is 11.7. The Labute approximate surface area is 233 Å². The molecule has 4 aromatic rings. The zero-order valence-electron chi connectivity index (χ0n) is 22.2. The highest BCUT2D eigenvalue weighted by molar-refractivity contribution is 7.92. The Morgan fingerprint density at radius 2 is 1.72 bits per heavy atom. The van der Waals surface area contributed by atoms with Gasteiger partial charge in [-0.15, -0.1) is 0 Å². The maximum absolute atomic E-state index is 13.2. The summed E-state index contributed by atoms with van der Waals surface area (Å²) in [6.07, 6.45) is 0. The summed E-state index contributed by atoms with van der Waals surface area (Å²) in [5.74, 6) is -0.210. The number of aromatic nitrogens is 1. The van der Waals surface area contributed by atoms with E-state index in [4.69, 9.17) is 4.98 Å². The number of fused-ring (bicyclic) bond motifs is 1. The first-order valence-corrected chi connectivity index (χ1v) is 15.4. The Morgan fingerprint density at radius 3 is 2.41 bits per heavy atom. The van der Waals surface area contributed by atoms with Crippen molar-refractivity contribution in [3.05, 3.63) is 83.9 Å². The summed E-state index contributed by atoms with van der Waals surface area (Å²) in [7, 11) is -3.73. The van der Waals surface area contributed by atoms with E-state index in [0.717, 1.165) is 43.4 Å². The molecule has 39 heavy (non-hydrogen) atoms. The van der Waals surface area contributed by atoms with Crippen molar-refractivity contribution in [3.8, 4) is 0 Å². The molecule has 0 radical (unpaired) electrons. The van der Waals surface area contributed by atoms with Gasteiger partial charge in [0.05, 0.1) is 20.8 Å². The van der Waals surface area contributed by atoms with E-state index in [1.807, 2.05) is 18.2 Å². The first-order chi connectivity index (χ1) is 18.8. The molecule has 0 saturated carbocycles. The van der Waals surface area contributed by atoms with Crippen LogP contribution >= 0.6 is 11.3 Å². The number of para-hydroxylation sites is 1. The average molecular weight is 564 g/mol. The van der Waals surface area contributed by atoms with Crippen molar-refractivity contribution in [2.24, 2.45) is 0 Å². The highest BCUT2D eigenvalue weighted by atomic mass is 32.2. The third-order valence-electron chi connectivity index (χ3n) is 6.92. The molecule has 5 rings (SSSR count). The number of amides is 1. The number of hydrogen-bond donors (Lipinski definition) is 1. The van der Waals surface area contributed by atoms with Crippen LogP contribution in [0.3, 0.4) is 0 Å². The van der Waals surface area contributed by atoms with Crippen molar-refractivity contribution in [2.75, 3.05) is 55.0 Å². The molecule has 0 aliphatic carbocycles. The Morgan fingerprint density at radius 1 is 1.00 bits per heavy atom. The van der Waals surface area contributed by atoms with E-state index in [0.29, 0.717) is 24.3 Å². The number of carbonyl (C=O) groups excluding carboxylic acids is 1. The molecule has 1 aromatic heterocycles. The van der Waals surface area contributed by atoms with Crippen molar-refractivity contribution in [3.63, 3.8) is 0 Å². The number of nitrogens with one attached hydrogen (secondary N) is 1. The highest BCUT2D eigenvalue weighted by Crippen LogP contribution is 2.30. The number of hydrogen-bond acceptors (Lipinski definition) is 7. The van der Waals surface area contributed by atoms with E-state index in [1.165, 1.54) is 26.7 Å². The molecule has 2 heterocycles. The van der Waals surface area contributed by atoms with Gasteiger partial charge in [-0.3, -0.25) is 14.0 Å². The number of piperazine rings is 1. The molecule has 1 aliphatic rings. The minimum Gasteiger partial charge on any atom is -0.351 e. The topological polar surface area (TPSA) is 85.8 Å². The van der Waals surface area contributed by atoms with Crippen molar-refractivity contribution in [1.29, 1.82) is 0 Å². The number of carbonyl (C=O) groups is 1. The van der Waals surface area contributed by atoms with Gasteiger partial charge in [0.2, 0.25) is 0 Å². The molecule has 10 heteroatoms. The van der Waals surface area contributed by atoms with Crippen LogP contribution < -0.4 is 14.5 Å². The number of anilines is 2. The molecule has 1 aliphatic heterocycles. The summed E-state index contributed by atoms with van der Waals surface area (Å²) >= 11 is 1.74. The fourth-order valence-electron chi connectivity index (χ4n) is 4.74. The summed E-state index contributed by atoms with van der Waals surface area (Å²) in [6, 6.07) is 21.5. The smallest absolute Gasteiger partial charge is 0.264 e. The Bertz CT molecular complexity index is 1530. The van der Waals surface area contributed by atoms with E-state index in [-0.39, 0.29) is 10.8 Å². The van der Waals surface area contributed by atoms with Crippen LogP contribution in [0.2, 0.25) is 0 Å². The van der Waals surface area contributed by atoms with Gasteiger partial charge in [-0.1, -0.05) is 35.6 Å². The second-order valence-electron chi connectivity index (χ2n) is 9.58. The largest absolute Gasteiger partial charge is 0.351 e. The molecule has 0 atom stereocenters. The predicted molar refractivity (Wildman–Crippen MR) is 158 cm³/mol. The number of sulfonamides is 1. The zero-order chi connectivity index (χ0) is 27.4. The maximum Gasteiger partial charge on any atom is 0.264 e. The van der Waals surface area contributed by atoms with Gasteiger partial charge >= 0.3 is 0 Å². The average Bonchev–Trinajstić information content (AvgIpc) is 3.37. The summed E-state index contributed by atoms with van der Waals surface area (Å²) in [4.78, 5) is 22.3. The quantitative estimate of drug-likeness (QED) is 0.326. The van der Waals surface area contributed by atoms with Crippen molar-refractivity contribution in [1.82, 2.24) is 15.2 Å². The molecule has 1 N–H and O–H groups in total. The van der Waals surface area contributed by atoms with Gasteiger partial charge in [0.25, 0.3) is 15.9 Å². The third kappa shape index (κ3) is 6.08. The number of rotatable bonds is 9. The fourth-order valence-corrected chi connectivity index (χ4v) is 7.33. The third-order valence-corrected chi connectivity index (χ3v) is 9.92. The highest BCUT2D eigenvalue weighted by Gasteiger charge is 2.24. The molecular weight excluding hydrogens is 530 g/mol. The minimum absolute atomic E-state index is 0.158. The monoisotopic (exact) mass is 563 g/mol. The zero-order valence-corrected chi connectivity index (χ0v) is 23.8. The first-order valence-electron chi connectivity index (χ1n) is 13.2. The van der Waals surface area contributed by atoms with E-state index in [2.05, 4.69) is 40.2 Å². The van der Waals surface area contributed by atoms with Crippen LogP contribution in [0.15, 0.2) is 77.7 Å². The molecule has 0 spiro atoms. The van der Waals surface area contributed by atoms with Crippen molar-refractivity contribution >= 4 is 48.3 Å². The standard InChI is InChI=1S/C29H33N5O3S2/c1-3-34(24-7-5-4-6-8-24)39(36,37)25-12-10-23(11-13-25)28(35)30-15-16-32-17-19-33(20-18-32)29-31-26-14-9-22(2)21-27(26)38-29/h4-14,21H,3,15-20H2,1-2H3,(H,30,35). The lowest BCUT2D eigenvalue weighted by atomic mass is 10.2. The van der Waals surface area contributed by atoms with E-state index in [9.17, 15) is 13.2 Å². The minimum atomic E-state index is -3.73. The van der Waals surface area contributed by atoms with Gasteiger partial charge in [-0.25, -0.2) is 13.4 Å². The molecule has 0 unspecified atom stereocenters. The molecule has 1 amide bonds. The van der Waals surface area contributed by atoms with Gasteiger partial charge in [-0.05, 0) is 67.9 Å². The Hall–Kier alpha value is -3.47. The number of thiazole rings is 1. The van der Waals surface area contributed by atoms with Gasteiger partial charge in [-0.2, -0.15) is 0 Å². The normalized spacial score (nSPS) is 14.5. The van der Waals surface area contributed by atoms with Crippen molar-refractivity contribution in [2.45, 2.75) is 18.7 Å². The maximum atomic E-state index is 13.2. The number of benzene rings is 3. The summed E-state index contributed by atoms with van der Waals surface area (Å²) in [5.41, 5.74) is 3.34. The molecule has 204 valence electrons. The van der Waals surface area contributed by atoms with Crippen molar-refractivity contribution < 1.29 is 13.2 Å². The number of aryl methyl sites for hydroxylation is 1. The molecule has 1 saturated heterocycles. The summed E-state index contributed by atoms with van der Waals surface area (Å²) in [5, 5.41) is 4.04. The van der Waals surface area contributed by atoms with Crippen LogP contribution in [-0.4, -0.2) is 70.0 Å². The van der Waals surface area contributed by atoms with Crippen LogP contribution in [0.5, 0.6) is 0 Å². The lowest BCUT2D eigenvalue weighted by molar-refractivity contribution is 0.0947. The molecule has 3 aromatic carbocycles. The second-order valence-corrected chi connectivity index (χ2v) is 12.5. The van der Waals surface area contributed by atoms with Crippen LogP contribution in [0.4, 0.5) is 10.8 Å². The van der Waals surface area contributed by atoms with Gasteiger partial charge in [0.1, 0.15) is 0 Å². The molecule has 8 nitrogen and oxygen atoms in total. The lowest BCUT2D eigenvalue weighted by Gasteiger charge is -2.34. The fraction of sp³-hybridized carbons (Fsp3) is 0.310. The van der Waals surface area contributed by atoms with Gasteiger partial charge in [0, 0.05) is 51.4 Å². The summed E-state index contributed by atoms with van der Waals surface area (Å²) in [6.45, 7) is 9.12. The van der Waals surface area contributed by atoms with Gasteiger partial charge in [0.15, 0.2) is 5.13 Å². The SMILES string of the molecule is CCN(c1ccccc1)S(=O)(=O)c1ccc(C(=O)NCCN2CCN(c3nc4ccc(C)cc4s3)CC2)cc1. The predicted octanol–water partition coefficient (Wildman–Crippen LogP) is 4.37. The van der Waals surface area contributed by atoms with E-state index < -0.39 is 10.0 Å². The molecular formula is C29H33N5O3S2. The summed E-state index contributed by atoms with van der Waals surface area (Å²) < 4.78 is 28.9. The number of nitrogens with zero attached hydrogens (tertiary/aromatic N) is 4. The van der Waals surface area contributed by atoms with Gasteiger partial charge < -0.3 is 10.2 Å². The van der Waals surface area contributed by atoms with Crippen LogP contribution in [0.1, 0.15) is 22.8 Å². The van der Waals surface area contributed by atoms with E-state index >= 15 is 0 Å². The molecule has 1 fully saturated rings. The van der Waals surface area contributed by atoms with Crippen LogP contribution in [0.25, 0.3) is 10.2 Å². The first kappa shape index (κ1) is 27.1. The molecule has 0 bridgehead atoms. The lowest BCUT2D eigenvalue weighted by Crippen LogP contribution is -2.48. The van der Waals surface area contributed by atoms with E-state index in [1.54, 1.807) is 42.5 Å². The van der Waals surface area contributed by atoms with Crippen LogP contribution in [0, 0.1) is 6.92 Å². The Balaban J connectivity index is 1.11. The Kier molecular flexibility index (Phi) is 8.15.